The topological polar surface area (TPSA) is 85.6 Å². The molecule has 0 aliphatic heterocycles. The zero-order valence-electron chi connectivity index (χ0n) is 18.9. The Balaban J connectivity index is 1.45. The maximum absolute atomic E-state index is 13.1. The molecule has 1 heterocycles. The maximum Gasteiger partial charge on any atom is 0.282 e. The fourth-order valence-corrected chi connectivity index (χ4v) is 3.71. The third-order valence-electron chi connectivity index (χ3n) is 5.05. The fourth-order valence-electron chi connectivity index (χ4n) is 3.35. The predicted molar refractivity (Wildman–Crippen MR) is 138 cm³/mol. The Kier molecular flexibility index (Phi) is 7.67. The van der Waals surface area contributed by atoms with Crippen molar-refractivity contribution in [3.63, 3.8) is 0 Å². The zero-order chi connectivity index (χ0) is 24.8. The molecular weight excluding hydrogens is 515 g/mol. The van der Waals surface area contributed by atoms with E-state index in [1.54, 1.807) is 36.5 Å². The normalized spacial score (nSPS) is 11.2. The van der Waals surface area contributed by atoms with Gasteiger partial charge in [-0.3, -0.25) is 9.59 Å². The van der Waals surface area contributed by atoms with E-state index in [1.807, 2.05) is 19.1 Å². The molecule has 0 fully saturated rings. The molecule has 0 radical (unpaired) electrons. The second kappa shape index (κ2) is 11.1. The Morgan fingerprint density at radius 3 is 2.60 bits per heavy atom. The van der Waals surface area contributed by atoms with Gasteiger partial charge in [0.15, 0.2) is 6.61 Å². The summed E-state index contributed by atoms with van der Waals surface area (Å²) < 4.78 is 20.6. The van der Waals surface area contributed by atoms with E-state index in [-0.39, 0.29) is 23.9 Å². The molecule has 35 heavy (non-hydrogen) atoms. The molecule has 0 aliphatic carbocycles. The van der Waals surface area contributed by atoms with Gasteiger partial charge < -0.3 is 10.1 Å². The van der Waals surface area contributed by atoms with E-state index < -0.39 is 0 Å². The van der Waals surface area contributed by atoms with E-state index in [9.17, 15) is 14.0 Å². The number of hydrogen-bond acceptors (Lipinski definition) is 5. The monoisotopic (exact) mass is 536 g/mol. The van der Waals surface area contributed by atoms with Crippen molar-refractivity contribution >= 4 is 44.6 Å². The molecule has 0 unspecified atom stereocenters. The highest BCUT2D eigenvalue weighted by atomic mass is 79.9. The standard InChI is InChI=1S/C26H22BrFN4O3/c1-2-3-24-31-23-13-6-18(27)14-22(23)26(34)32(24)29-15-17-4-11-21(12-5-17)35-16-25(33)30-20-9-7-19(28)8-10-20/h4-15H,2-3,16H2,1H3,(H,30,33). The quantitative estimate of drug-likeness (QED) is 0.315. The number of halogens is 2. The summed E-state index contributed by atoms with van der Waals surface area (Å²) in [5.74, 6) is 0.355. The Labute approximate surface area is 209 Å². The number of hydrogen-bond donors (Lipinski definition) is 1. The number of fused-ring (bicyclic) bond motifs is 1. The highest BCUT2D eigenvalue weighted by molar-refractivity contribution is 9.10. The third-order valence-corrected chi connectivity index (χ3v) is 5.54. The Bertz CT molecular complexity index is 1430. The number of anilines is 1. The van der Waals surface area contributed by atoms with Crippen LogP contribution in [0.1, 0.15) is 24.7 Å². The van der Waals surface area contributed by atoms with Crippen LogP contribution >= 0.6 is 15.9 Å². The van der Waals surface area contributed by atoms with Crippen molar-refractivity contribution in [3.05, 3.63) is 98.8 Å². The highest BCUT2D eigenvalue weighted by Gasteiger charge is 2.10. The van der Waals surface area contributed by atoms with Crippen LogP contribution in [0.4, 0.5) is 10.1 Å². The maximum atomic E-state index is 13.1. The number of aromatic nitrogens is 2. The number of ether oxygens (including phenoxy) is 1. The number of rotatable bonds is 8. The molecule has 7 nitrogen and oxygen atoms in total. The summed E-state index contributed by atoms with van der Waals surface area (Å²) in [6, 6.07) is 17.8. The lowest BCUT2D eigenvalue weighted by Crippen LogP contribution is -2.22. The van der Waals surface area contributed by atoms with Crippen LogP contribution in [-0.2, 0) is 11.2 Å². The zero-order valence-corrected chi connectivity index (χ0v) is 20.5. The summed E-state index contributed by atoms with van der Waals surface area (Å²) in [5.41, 5.74) is 1.64. The van der Waals surface area contributed by atoms with E-state index in [1.165, 1.54) is 28.9 Å². The highest BCUT2D eigenvalue weighted by Crippen LogP contribution is 2.17. The van der Waals surface area contributed by atoms with Gasteiger partial charge >= 0.3 is 0 Å². The first-order valence-electron chi connectivity index (χ1n) is 11.0. The third kappa shape index (κ3) is 6.19. The molecule has 0 saturated heterocycles. The minimum Gasteiger partial charge on any atom is -0.484 e. The molecule has 0 spiro atoms. The van der Waals surface area contributed by atoms with Crippen LogP contribution in [0, 0.1) is 5.82 Å². The van der Waals surface area contributed by atoms with Crippen LogP contribution < -0.4 is 15.6 Å². The summed E-state index contributed by atoms with van der Waals surface area (Å²) in [5, 5.41) is 7.52. The molecule has 1 aromatic heterocycles. The Morgan fingerprint density at radius 1 is 1.14 bits per heavy atom. The summed E-state index contributed by atoms with van der Waals surface area (Å²) in [7, 11) is 0. The van der Waals surface area contributed by atoms with Crippen molar-refractivity contribution in [2.45, 2.75) is 19.8 Å². The minimum absolute atomic E-state index is 0.196. The van der Waals surface area contributed by atoms with Crippen molar-refractivity contribution in [1.29, 1.82) is 0 Å². The van der Waals surface area contributed by atoms with Gasteiger partial charge in [-0.1, -0.05) is 22.9 Å². The van der Waals surface area contributed by atoms with Gasteiger partial charge in [0.1, 0.15) is 17.4 Å². The molecule has 178 valence electrons. The summed E-state index contributed by atoms with van der Waals surface area (Å²) in [4.78, 5) is 29.7. The van der Waals surface area contributed by atoms with Gasteiger partial charge in [-0.2, -0.15) is 9.78 Å². The summed E-state index contributed by atoms with van der Waals surface area (Å²) in [6.07, 6.45) is 3.02. The molecular formula is C26H22BrFN4O3. The number of nitrogens with zero attached hydrogens (tertiary/aromatic N) is 3. The number of benzene rings is 3. The van der Waals surface area contributed by atoms with Crippen LogP contribution in [0.25, 0.3) is 10.9 Å². The van der Waals surface area contributed by atoms with E-state index >= 15 is 0 Å². The summed E-state index contributed by atoms with van der Waals surface area (Å²) >= 11 is 3.40. The van der Waals surface area contributed by atoms with Crippen molar-refractivity contribution in [3.8, 4) is 5.75 Å². The molecule has 0 atom stereocenters. The second-order valence-corrected chi connectivity index (χ2v) is 8.63. The van der Waals surface area contributed by atoms with Crippen molar-refractivity contribution in [1.82, 2.24) is 9.66 Å². The van der Waals surface area contributed by atoms with Crippen LogP contribution in [0.5, 0.6) is 5.75 Å². The van der Waals surface area contributed by atoms with Gasteiger partial charge in [-0.15, -0.1) is 0 Å². The van der Waals surface area contributed by atoms with Crippen LogP contribution in [0.3, 0.4) is 0 Å². The number of carbonyl (C=O) groups is 1. The van der Waals surface area contributed by atoms with Gasteiger partial charge in [-0.25, -0.2) is 9.37 Å². The van der Waals surface area contributed by atoms with Crippen molar-refractivity contribution < 1.29 is 13.9 Å². The molecule has 3 aromatic carbocycles. The van der Waals surface area contributed by atoms with Crippen LogP contribution in [-0.4, -0.2) is 28.4 Å². The molecule has 0 aliphatic rings. The average molecular weight is 537 g/mol. The van der Waals surface area contributed by atoms with Gasteiger partial charge in [0.05, 0.1) is 17.1 Å². The smallest absolute Gasteiger partial charge is 0.282 e. The number of amides is 1. The van der Waals surface area contributed by atoms with E-state index in [0.717, 1.165) is 16.5 Å². The number of carbonyl (C=O) groups excluding carboxylic acids is 1. The Morgan fingerprint density at radius 2 is 1.89 bits per heavy atom. The van der Waals surface area contributed by atoms with Gasteiger partial charge in [0, 0.05) is 16.6 Å². The molecule has 4 aromatic rings. The second-order valence-electron chi connectivity index (χ2n) is 7.71. The number of aryl methyl sites for hydroxylation is 1. The molecule has 1 N–H and O–H groups in total. The first-order chi connectivity index (χ1) is 16.9. The van der Waals surface area contributed by atoms with E-state index in [0.29, 0.717) is 34.6 Å². The Hall–Kier alpha value is -3.85. The molecule has 9 heteroatoms. The van der Waals surface area contributed by atoms with Crippen LogP contribution in [0.15, 0.2) is 81.1 Å². The minimum atomic E-state index is -0.376. The lowest BCUT2D eigenvalue weighted by atomic mass is 10.2. The molecule has 0 bridgehead atoms. The predicted octanol–water partition coefficient (Wildman–Crippen LogP) is 5.15. The molecule has 0 saturated carbocycles. The van der Waals surface area contributed by atoms with E-state index in [2.05, 4.69) is 31.3 Å². The lowest BCUT2D eigenvalue weighted by molar-refractivity contribution is -0.118. The van der Waals surface area contributed by atoms with Gasteiger partial charge in [0.2, 0.25) is 0 Å². The van der Waals surface area contributed by atoms with Crippen molar-refractivity contribution in [2.75, 3.05) is 11.9 Å². The first-order valence-corrected chi connectivity index (χ1v) is 11.8. The average Bonchev–Trinajstić information content (AvgIpc) is 2.85. The summed E-state index contributed by atoms with van der Waals surface area (Å²) in [6.45, 7) is 1.82. The van der Waals surface area contributed by atoms with Crippen LogP contribution in [0.2, 0.25) is 0 Å². The van der Waals surface area contributed by atoms with E-state index in [4.69, 9.17) is 4.74 Å². The van der Waals surface area contributed by atoms with Gasteiger partial charge in [0.25, 0.3) is 11.5 Å². The molecule has 1 amide bonds. The number of nitrogens with one attached hydrogen (secondary N) is 1. The molecule has 4 rings (SSSR count). The van der Waals surface area contributed by atoms with Gasteiger partial charge in [-0.05, 0) is 78.7 Å². The first kappa shape index (κ1) is 24.3. The fraction of sp³-hybridized carbons (Fsp3) is 0.154. The lowest BCUT2D eigenvalue weighted by Gasteiger charge is -2.09. The largest absolute Gasteiger partial charge is 0.484 e. The SMILES string of the molecule is CCCc1nc2ccc(Br)cc2c(=O)n1N=Cc1ccc(OCC(=O)Nc2ccc(F)cc2)cc1. The van der Waals surface area contributed by atoms with Crippen molar-refractivity contribution in [2.24, 2.45) is 5.10 Å².